The predicted molar refractivity (Wildman–Crippen MR) is 169 cm³/mol. The van der Waals surface area contributed by atoms with E-state index < -0.39 is 0 Å². The van der Waals surface area contributed by atoms with Crippen molar-refractivity contribution < 1.29 is 14.3 Å². The van der Waals surface area contributed by atoms with Gasteiger partial charge >= 0.3 is 0 Å². The lowest BCUT2D eigenvalue weighted by molar-refractivity contribution is -0.135. The van der Waals surface area contributed by atoms with E-state index in [1.807, 2.05) is 34.3 Å². The van der Waals surface area contributed by atoms with E-state index in [0.29, 0.717) is 39.4 Å². The van der Waals surface area contributed by atoms with Crippen LogP contribution in [0.25, 0.3) is 21.8 Å². The number of piperazine rings is 1. The number of hydrogen-bond donors (Lipinski definition) is 1. The van der Waals surface area contributed by atoms with Crippen molar-refractivity contribution in [3.05, 3.63) is 71.8 Å². The van der Waals surface area contributed by atoms with Gasteiger partial charge in [-0.25, -0.2) is 0 Å². The maximum Gasteiger partial charge on any atom is 0.242 e. The standard InChI is InChI=1S/C34H41N7O3/c42-31-22-35-14-17-38(31)15-5-16-40(30-10-3-6-25-7-4-12-37-33(25)30)23-28-34-27(11-13-36-28)26-8-1-2-9-29(26)41(34)24-32(43)39-18-20-44-21-19-39/h1-2,4,7-9,11-13,30,35H,3,5-6,10,14-24H2/t30-/m0/s1. The van der Waals surface area contributed by atoms with Gasteiger partial charge in [-0.15, -0.1) is 0 Å². The second kappa shape index (κ2) is 13.0. The van der Waals surface area contributed by atoms with E-state index in [0.717, 1.165) is 85.1 Å². The van der Waals surface area contributed by atoms with Crippen LogP contribution in [0.15, 0.2) is 54.9 Å². The van der Waals surface area contributed by atoms with E-state index in [1.54, 1.807) is 0 Å². The molecule has 1 atom stereocenters. The summed E-state index contributed by atoms with van der Waals surface area (Å²) in [5.41, 5.74) is 5.52. The molecule has 3 aromatic heterocycles. The predicted octanol–water partition coefficient (Wildman–Crippen LogP) is 3.14. The fourth-order valence-corrected chi connectivity index (χ4v) is 7.23. The zero-order chi connectivity index (χ0) is 29.9. The maximum absolute atomic E-state index is 13.6. The van der Waals surface area contributed by atoms with E-state index in [4.69, 9.17) is 14.7 Å². The number of hydrogen-bond acceptors (Lipinski definition) is 7. The third kappa shape index (κ3) is 5.81. The van der Waals surface area contributed by atoms with E-state index in [2.05, 4.69) is 45.1 Å². The molecule has 2 amide bonds. The number of carbonyl (C=O) groups is 2. The number of para-hydroxylation sites is 1. The molecule has 1 aromatic carbocycles. The number of ether oxygens (including phenoxy) is 1. The quantitative estimate of drug-likeness (QED) is 0.318. The molecule has 0 saturated carbocycles. The number of benzene rings is 1. The number of fused-ring (bicyclic) bond motifs is 4. The molecule has 0 spiro atoms. The van der Waals surface area contributed by atoms with Crippen LogP contribution in [0, 0.1) is 0 Å². The molecule has 2 saturated heterocycles. The average Bonchev–Trinajstić information content (AvgIpc) is 3.39. The van der Waals surface area contributed by atoms with Gasteiger partial charge in [-0.3, -0.25) is 24.5 Å². The highest BCUT2D eigenvalue weighted by molar-refractivity contribution is 6.09. The number of nitrogens with one attached hydrogen (secondary N) is 1. The molecular formula is C34H41N7O3. The van der Waals surface area contributed by atoms with Gasteiger partial charge in [0, 0.05) is 74.5 Å². The Morgan fingerprint density at radius 2 is 1.91 bits per heavy atom. The van der Waals surface area contributed by atoms with Crippen molar-refractivity contribution in [2.24, 2.45) is 0 Å². The molecule has 7 rings (SSSR count). The van der Waals surface area contributed by atoms with Gasteiger partial charge in [0.05, 0.1) is 42.7 Å². The van der Waals surface area contributed by atoms with Crippen LogP contribution in [0.1, 0.15) is 42.3 Å². The number of nitrogens with zero attached hydrogens (tertiary/aromatic N) is 6. The summed E-state index contributed by atoms with van der Waals surface area (Å²) in [7, 11) is 0. The number of pyridine rings is 2. The zero-order valence-electron chi connectivity index (χ0n) is 25.3. The number of carbonyl (C=O) groups excluding carboxylic acids is 2. The van der Waals surface area contributed by atoms with E-state index in [-0.39, 0.29) is 24.4 Å². The van der Waals surface area contributed by atoms with Gasteiger partial charge in [-0.05, 0) is 49.4 Å². The minimum absolute atomic E-state index is 0.105. The minimum atomic E-state index is 0.105. The molecule has 2 aliphatic heterocycles. The summed E-state index contributed by atoms with van der Waals surface area (Å²) in [6.45, 7) is 6.89. The second-order valence-electron chi connectivity index (χ2n) is 12.1. The van der Waals surface area contributed by atoms with Crippen LogP contribution < -0.4 is 5.32 Å². The lowest BCUT2D eigenvalue weighted by atomic mass is 9.90. The maximum atomic E-state index is 13.6. The molecule has 4 aromatic rings. The first-order valence-corrected chi connectivity index (χ1v) is 16.0. The Balaban J connectivity index is 1.24. The van der Waals surface area contributed by atoms with Crippen LogP contribution in [0.2, 0.25) is 0 Å². The second-order valence-corrected chi connectivity index (χ2v) is 12.1. The highest BCUT2D eigenvalue weighted by atomic mass is 16.5. The number of morpholine rings is 1. The first kappa shape index (κ1) is 28.9. The first-order valence-electron chi connectivity index (χ1n) is 16.0. The van der Waals surface area contributed by atoms with Crippen LogP contribution in [0.5, 0.6) is 0 Å². The Kier molecular flexibility index (Phi) is 8.54. The molecule has 0 unspecified atom stereocenters. The van der Waals surface area contributed by atoms with Crippen molar-refractivity contribution in [3.63, 3.8) is 0 Å². The van der Waals surface area contributed by atoms with Crippen LogP contribution >= 0.6 is 0 Å². The minimum Gasteiger partial charge on any atom is -0.378 e. The first-order chi connectivity index (χ1) is 21.7. The largest absolute Gasteiger partial charge is 0.378 e. The summed E-state index contributed by atoms with van der Waals surface area (Å²) in [5, 5.41) is 5.43. The third-order valence-corrected chi connectivity index (χ3v) is 9.43. The SMILES string of the molecule is O=C1CNCCN1CCCN(Cc1nccc2c3ccccc3n(CC(=O)N3CCOCC3)c12)[C@H]1CCCc2cccnc21. The Bertz CT molecular complexity index is 1650. The molecule has 0 bridgehead atoms. The number of aryl methyl sites for hydroxylation is 1. The van der Waals surface area contributed by atoms with E-state index in [1.165, 1.54) is 5.56 Å². The van der Waals surface area contributed by atoms with Crippen molar-refractivity contribution in [3.8, 4) is 0 Å². The molecule has 2 fully saturated rings. The molecule has 0 radical (unpaired) electrons. The number of rotatable bonds is 9. The summed E-state index contributed by atoms with van der Waals surface area (Å²) >= 11 is 0. The zero-order valence-corrected chi connectivity index (χ0v) is 25.3. The van der Waals surface area contributed by atoms with Crippen molar-refractivity contribution in [1.82, 2.24) is 34.6 Å². The van der Waals surface area contributed by atoms with Crippen LogP contribution in [-0.4, -0.2) is 100 Å². The Hall–Kier alpha value is -3.86. The van der Waals surface area contributed by atoms with Gasteiger partial charge in [0.2, 0.25) is 11.8 Å². The molecular weight excluding hydrogens is 554 g/mol. The van der Waals surface area contributed by atoms with Crippen LogP contribution in [-0.2, 0) is 33.8 Å². The van der Waals surface area contributed by atoms with E-state index in [9.17, 15) is 9.59 Å². The smallest absolute Gasteiger partial charge is 0.242 e. The number of aromatic nitrogens is 3. The Morgan fingerprint density at radius 1 is 1.02 bits per heavy atom. The summed E-state index contributed by atoms with van der Waals surface area (Å²) < 4.78 is 7.68. The molecule has 10 heteroatoms. The van der Waals surface area contributed by atoms with E-state index >= 15 is 0 Å². The van der Waals surface area contributed by atoms with Gasteiger partial charge in [-0.1, -0.05) is 24.3 Å². The fourth-order valence-electron chi connectivity index (χ4n) is 7.23. The van der Waals surface area contributed by atoms with Crippen molar-refractivity contribution in [2.75, 3.05) is 59.0 Å². The fraction of sp³-hybridized carbons (Fsp3) is 0.471. The molecule has 230 valence electrons. The molecule has 1 N–H and O–H groups in total. The molecule has 1 aliphatic carbocycles. The number of amides is 2. The Labute approximate surface area is 258 Å². The molecule has 5 heterocycles. The van der Waals surface area contributed by atoms with Crippen molar-refractivity contribution in [1.29, 1.82) is 0 Å². The van der Waals surface area contributed by atoms with Crippen LogP contribution in [0.3, 0.4) is 0 Å². The average molecular weight is 596 g/mol. The molecule has 3 aliphatic rings. The van der Waals surface area contributed by atoms with Gasteiger partial charge in [-0.2, -0.15) is 0 Å². The lowest BCUT2D eigenvalue weighted by Gasteiger charge is -2.36. The van der Waals surface area contributed by atoms with Gasteiger partial charge in [0.25, 0.3) is 0 Å². The monoisotopic (exact) mass is 595 g/mol. The normalized spacial score (nSPS) is 19.2. The third-order valence-electron chi connectivity index (χ3n) is 9.43. The van der Waals surface area contributed by atoms with Gasteiger partial charge < -0.3 is 24.4 Å². The lowest BCUT2D eigenvalue weighted by Crippen LogP contribution is -2.48. The van der Waals surface area contributed by atoms with Crippen LogP contribution in [0.4, 0.5) is 0 Å². The van der Waals surface area contributed by atoms with Gasteiger partial charge in [0.1, 0.15) is 6.54 Å². The highest BCUT2D eigenvalue weighted by Gasteiger charge is 2.29. The highest BCUT2D eigenvalue weighted by Crippen LogP contribution is 2.36. The summed E-state index contributed by atoms with van der Waals surface area (Å²) in [6, 6.07) is 14.8. The Morgan fingerprint density at radius 3 is 2.80 bits per heavy atom. The summed E-state index contributed by atoms with van der Waals surface area (Å²) in [4.78, 5) is 42.3. The van der Waals surface area contributed by atoms with Crippen molar-refractivity contribution in [2.45, 2.75) is 44.8 Å². The summed E-state index contributed by atoms with van der Waals surface area (Å²) in [5.74, 6) is 0.280. The van der Waals surface area contributed by atoms with Gasteiger partial charge in [0.15, 0.2) is 0 Å². The topological polar surface area (TPSA) is 95.8 Å². The van der Waals surface area contributed by atoms with Crippen molar-refractivity contribution >= 4 is 33.6 Å². The summed E-state index contributed by atoms with van der Waals surface area (Å²) in [6.07, 6.45) is 7.88. The molecule has 44 heavy (non-hydrogen) atoms. The molecule has 10 nitrogen and oxygen atoms in total.